The van der Waals surface area contributed by atoms with Gasteiger partial charge in [-0.05, 0) is 32.4 Å². The number of nitrogens with zero attached hydrogens (tertiary/aromatic N) is 2. The molecule has 0 aliphatic carbocycles. The molecule has 1 N–H and O–H groups in total. The Bertz CT molecular complexity index is 487. The zero-order valence-corrected chi connectivity index (χ0v) is 10.5. The molecule has 0 radical (unpaired) electrons. The minimum Gasteiger partial charge on any atom is -0.481 e. The number of likely N-dealkylation sites (tertiary alicyclic amines) is 1. The van der Waals surface area contributed by atoms with Crippen LogP contribution >= 0.6 is 0 Å². The minimum atomic E-state index is -0.838. The Labute approximate surface area is 105 Å². The summed E-state index contributed by atoms with van der Waals surface area (Å²) < 4.78 is 0. The molecule has 2 heterocycles. The van der Waals surface area contributed by atoms with Crippen LogP contribution in [0.25, 0.3) is 0 Å². The van der Waals surface area contributed by atoms with Crippen LogP contribution in [0.15, 0.2) is 18.2 Å². The van der Waals surface area contributed by atoms with Crippen molar-refractivity contribution in [3.05, 3.63) is 29.6 Å². The zero-order chi connectivity index (χ0) is 13.3. The van der Waals surface area contributed by atoms with E-state index in [0.717, 1.165) is 5.69 Å². The molecule has 18 heavy (non-hydrogen) atoms. The van der Waals surface area contributed by atoms with Crippen molar-refractivity contribution in [2.75, 3.05) is 6.54 Å². The van der Waals surface area contributed by atoms with Crippen LogP contribution in [0.4, 0.5) is 0 Å². The fourth-order valence-corrected chi connectivity index (χ4v) is 2.37. The van der Waals surface area contributed by atoms with Gasteiger partial charge in [0.25, 0.3) is 5.91 Å². The predicted octanol–water partition coefficient (Wildman–Crippen LogP) is 1.33. The molecule has 2 unspecified atom stereocenters. The highest BCUT2D eigenvalue weighted by atomic mass is 16.4. The molecule has 5 nitrogen and oxygen atoms in total. The fourth-order valence-electron chi connectivity index (χ4n) is 2.37. The summed E-state index contributed by atoms with van der Waals surface area (Å²) in [6.07, 6.45) is 0.508. The Balaban J connectivity index is 2.18. The predicted molar refractivity (Wildman–Crippen MR) is 65.2 cm³/mol. The van der Waals surface area contributed by atoms with Gasteiger partial charge in [-0.25, -0.2) is 4.98 Å². The SMILES string of the molecule is Cc1cccc(C(=O)N2CCC(C(=O)O)C2C)n1. The van der Waals surface area contributed by atoms with E-state index in [9.17, 15) is 9.59 Å². The normalized spacial score (nSPS) is 23.1. The highest BCUT2D eigenvalue weighted by Crippen LogP contribution is 2.25. The average molecular weight is 248 g/mol. The number of carbonyl (C=O) groups is 2. The molecule has 1 aliphatic rings. The zero-order valence-electron chi connectivity index (χ0n) is 10.5. The molecule has 1 saturated heterocycles. The largest absolute Gasteiger partial charge is 0.481 e. The van der Waals surface area contributed by atoms with Gasteiger partial charge < -0.3 is 10.0 Å². The second-order valence-electron chi connectivity index (χ2n) is 4.64. The smallest absolute Gasteiger partial charge is 0.308 e. The van der Waals surface area contributed by atoms with Gasteiger partial charge in [-0.15, -0.1) is 0 Å². The maximum absolute atomic E-state index is 12.2. The molecule has 1 fully saturated rings. The summed E-state index contributed by atoms with van der Waals surface area (Å²) in [6, 6.07) is 4.99. The van der Waals surface area contributed by atoms with Crippen LogP contribution < -0.4 is 0 Å². The van der Waals surface area contributed by atoms with E-state index in [1.54, 1.807) is 24.0 Å². The Kier molecular flexibility index (Phi) is 3.32. The third-order valence-electron chi connectivity index (χ3n) is 3.44. The first kappa shape index (κ1) is 12.5. The van der Waals surface area contributed by atoms with Crippen molar-refractivity contribution in [3.63, 3.8) is 0 Å². The highest BCUT2D eigenvalue weighted by molar-refractivity contribution is 5.93. The molecule has 1 amide bonds. The Morgan fingerprint density at radius 2 is 2.17 bits per heavy atom. The van der Waals surface area contributed by atoms with E-state index in [-0.39, 0.29) is 11.9 Å². The number of carboxylic acids is 1. The number of aromatic nitrogens is 1. The van der Waals surface area contributed by atoms with Gasteiger partial charge in [0.15, 0.2) is 0 Å². The summed E-state index contributed by atoms with van der Waals surface area (Å²) in [5.41, 5.74) is 1.16. The van der Waals surface area contributed by atoms with Crippen molar-refractivity contribution in [3.8, 4) is 0 Å². The van der Waals surface area contributed by atoms with Gasteiger partial charge >= 0.3 is 5.97 Å². The first-order valence-corrected chi connectivity index (χ1v) is 5.98. The van der Waals surface area contributed by atoms with Crippen molar-refractivity contribution in [1.29, 1.82) is 0 Å². The van der Waals surface area contributed by atoms with Gasteiger partial charge in [0.05, 0.1) is 5.92 Å². The Morgan fingerprint density at radius 1 is 1.44 bits per heavy atom. The number of hydrogen-bond donors (Lipinski definition) is 1. The lowest BCUT2D eigenvalue weighted by Gasteiger charge is -2.22. The first-order valence-electron chi connectivity index (χ1n) is 5.98. The Hall–Kier alpha value is -1.91. The van der Waals surface area contributed by atoms with Gasteiger partial charge in [0.1, 0.15) is 5.69 Å². The highest BCUT2D eigenvalue weighted by Gasteiger charge is 2.38. The molecular weight excluding hydrogens is 232 g/mol. The number of hydrogen-bond acceptors (Lipinski definition) is 3. The quantitative estimate of drug-likeness (QED) is 0.857. The van der Waals surface area contributed by atoms with E-state index in [0.29, 0.717) is 18.7 Å². The minimum absolute atomic E-state index is 0.185. The molecule has 0 aromatic carbocycles. The van der Waals surface area contributed by atoms with E-state index in [1.807, 2.05) is 13.0 Å². The molecule has 0 saturated carbocycles. The van der Waals surface area contributed by atoms with Crippen molar-refractivity contribution in [2.24, 2.45) is 5.92 Å². The molecule has 0 spiro atoms. The van der Waals surface area contributed by atoms with Crippen molar-refractivity contribution >= 4 is 11.9 Å². The molecule has 5 heteroatoms. The van der Waals surface area contributed by atoms with Gasteiger partial charge in [0.2, 0.25) is 0 Å². The van der Waals surface area contributed by atoms with Gasteiger partial charge in [-0.2, -0.15) is 0 Å². The average Bonchev–Trinajstić information content (AvgIpc) is 2.70. The second-order valence-corrected chi connectivity index (χ2v) is 4.64. The number of aryl methyl sites for hydroxylation is 1. The van der Waals surface area contributed by atoms with Gasteiger partial charge in [0, 0.05) is 18.3 Å². The third-order valence-corrected chi connectivity index (χ3v) is 3.44. The first-order chi connectivity index (χ1) is 8.50. The maximum Gasteiger partial charge on any atom is 0.308 e. The van der Waals surface area contributed by atoms with E-state index >= 15 is 0 Å². The molecule has 2 atom stereocenters. The summed E-state index contributed by atoms with van der Waals surface area (Å²) in [4.78, 5) is 29.0. The maximum atomic E-state index is 12.2. The van der Waals surface area contributed by atoms with Crippen LogP contribution in [-0.4, -0.2) is 39.5 Å². The number of rotatable bonds is 2. The number of carboxylic acid groups (broad SMARTS) is 1. The summed E-state index contributed by atoms with van der Waals surface area (Å²) >= 11 is 0. The molecule has 1 aliphatic heterocycles. The van der Waals surface area contributed by atoms with Gasteiger partial charge in [-0.1, -0.05) is 6.07 Å². The molecule has 1 aromatic rings. The summed E-state index contributed by atoms with van der Waals surface area (Å²) in [5, 5.41) is 9.04. The number of aliphatic carboxylic acids is 1. The Morgan fingerprint density at radius 3 is 2.72 bits per heavy atom. The molecule has 1 aromatic heterocycles. The monoisotopic (exact) mass is 248 g/mol. The van der Waals surface area contributed by atoms with Crippen LogP contribution in [0, 0.1) is 12.8 Å². The van der Waals surface area contributed by atoms with Crippen molar-refractivity contribution in [1.82, 2.24) is 9.88 Å². The van der Waals surface area contributed by atoms with Crippen molar-refractivity contribution < 1.29 is 14.7 Å². The summed E-state index contributed by atoms with van der Waals surface area (Å²) in [6.45, 7) is 4.08. The topological polar surface area (TPSA) is 70.5 Å². The lowest BCUT2D eigenvalue weighted by atomic mass is 10.0. The summed E-state index contributed by atoms with van der Waals surface area (Å²) in [7, 11) is 0. The lowest BCUT2D eigenvalue weighted by Crippen LogP contribution is -2.38. The fraction of sp³-hybridized carbons (Fsp3) is 0.462. The number of amides is 1. The van der Waals surface area contributed by atoms with Crippen molar-refractivity contribution in [2.45, 2.75) is 26.3 Å². The molecule has 0 bridgehead atoms. The van der Waals surface area contributed by atoms with E-state index < -0.39 is 11.9 Å². The second kappa shape index (κ2) is 4.76. The molecule has 96 valence electrons. The summed E-state index contributed by atoms with van der Waals surface area (Å²) in [5.74, 6) is -1.50. The number of carbonyl (C=O) groups excluding carboxylic acids is 1. The molecule has 2 rings (SSSR count). The van der Waals surface area contributed by atoms with Gasteiger partial charge in [-0.3, -0.25) is 9.59 Å². The van der Waals surface area contributed by atoms with E-state index in [4.69, 9.17) is 5.11 Å². The standard InChI is InChI=1S/C13H16N2O3/c1-8-4-3-5-11(14-8)12(16)15-7-6-10(9(15)2)13(17)18/h3-5,9-10H,6-7H2,1-2H3,(H,17,18). The van der Waals surface area contributed by atoms with Crippen LogP contribution in [0.3, 0.4) is 0 Å². The van der Waals surface area contributed by atoms with Crippen LogP contribution in [0.1, 0.15) is 29.5 Å². The number of pyridine rings is 1. The van der Waals surface area contributed by atoms with Crippen LogP contribution in [-0.2, 0) is 4.79 Å². The third kappa shape index (κ3) is 2.20. The van der Waals surface area contributed by atoms with E-state index in [1.165, 1.54) is 0 Å². The van der Waals surface area contributed by atoms with Crippen LogP contribution in [0.2, 0.25) is 0 Å². The van der Waals surface area contributed by atoms with Crippen LogP contribution in [0.5, 0.6) is 0 Å². The lowest BCUT2D eigenvalue weighted by molar-refractivity contribution is -0.142. The molecular formula is C13H16N2O3. The van der Waals surface area contributed by atoms with E-state index in [2.05, 4.69) is 4.98 Å².